The van der Waals surface area contributed by atoms with E-state index in [1.807, 2.05) is 13.8 Å². The van der Waals surface area contributed by atoms with E-state index in [1.165, 1.54) is 32.3 Å². The van der Waals surface area contributed by atoms with Crippen molar-refractivity contribution in [2.75, 3.05) is 26.0 Å². The Labute approximate surface area is 170 Å². The van der Waals surface area contributed by atoms with E-state index in [0.717, 1.165) is 28.5 Å². The molecule has 0 bridgehead atoms. The first-order valence-electron chi connectivity index (χ1n) is 9.29. The van der Waals surface area contributed by atoms with Crippen LogP contribution in [0.1, 0.15) is 40.6 Å². The summed E-state index contributed by atoms with van der Waals surface area (Å²) in [6.45, 7) is 3.36. The second-order valence-electron chi connectivity index (χ2n) is 7.33. The molecule has 3 rings (SSSR count). The third-order valence-electron chi connectivity index (χ3n) is 4.85. The quantitative estimate of drug-likeness (QED) is 0.696. The maximum atomic E-state index is 12.4. The zero-order valence-corrected chi connectivity index (χ0v) is 17.7. The van der Waals surface area contributed by atoms with E-state index >= 15 is 0 Å². The number of rotatable bonds is 7. The largest absolute Gasteiger partial charge is 0.452 e. The lowest BCUT2D eigenvalue weighted by Gasteiger charge is -2.13. The van der Waals surface area contributed by atoms with Crippen LogP contribution >= 0.6 is 0 Å². The van der Waals surface area contributed by atoms with Crippen molar-refractivity contribution in [2.45, 2.75) is 37.6 Å². The number of aromatic nitrogens is 1. The van der Waals surface area contributed by atoms with Gasteiger partial charge in [-0.05, 0) is 51.0 Å². The van der Waals surface area contributed by atoms with Crippen molar-refractivity contribution in [3.8, 4) is 0 Å². The van der Waals surface area contributed by atoms with E-state index in [2.05, 4.69) is 9.88 Å². The van der Waals surface area contributed by atoms with Crippen molar-refractivity contribution in [1.82, 2.24) is 8.87 Å². The topological polar surface area (TPSA) is 97.7 Å². The smallest absolute Gasteiger partial charge is 0.340 e. The molecule has 1 heterocycles. The van der Waals surface area contributed by atoms with Crippen molar-refractivity contribution in [3.05, 3.63) is 47.3 Å². The number of nitrogens with one attached hydrogen (secondary N) is 1. The monoisotopic (exact) mass is 419 g/mol. The van der Waals surface area contributed by atoms with Crippen LogP contribution in [0.5, 0.6) is 0 Å². The van der Waals surface area contributed by atoms with Gasteiger partial charge in [-0.2, -0.15) is 0 Å². The van der Waals surface area contributed by atoms with Crippen LogP contribution < -0.4 is 5.32 Å². The molecule has 156 valence electrons. The Morgan fingerprint density at radius 2 is 1.90 bits per heavy atom. The molecule has 8 nitrogen and oxygen atoms in total. The van der Waals surface area contributed by atoms with Gasteiger partial charge in [-0.3, -0.25) is 4.79 Å². The number of carbonyl (C=O) groups is 2. The van der Waals surface area contributed by atoms with Crippen molar-refractivity contribution in [2.24, 2.45) is 0 Å². The van der Waals surface area contributed by atoms with Crippen molar-refractivity contribution in [3.63, 3.8) is 0 Å². The standard InChI is InChI=1S/C20H25N3O5S/c1-13-10-18(14(2)23(13)16-8-9-16)20(25)28-12-19(24)21-15-6-5-7-17(11-15)29(26,27)22(3)4/h5-7,10-11,16H,8-9,12H2,1-4H3,(H,21,24). The van der Waals surface area contributed by atoms with Gasteiger partial charge < -0.3 is 14.6 Å². The summed E-state index contributed by atoms with van der Waals surface area (Å²) in [5.74, 6) is -1.10. The minimum absolute atomic E-state index is 0.0600. The maximum Gasteiger partial charge on any atom is 0.340 e. The molecule has 1 saturated carbocycles. The molecule has 0 radical (unpaired) electrons. The van der Waals surface area contributed by atoms with Gasteiger partial charge in [0.25, 0.3) is 5.91 Å². The average molecular weight is 420 g/mol. The number of aryl methyl sites for hydroxylation is 1. The molecule has 1 aromatic heterocycles. The van der Waals surface area contributed by atoms with Crippen LogP contribution in [0.15, 0.2) is 35.2 Å². The lowest BCUT2D eigenvalue weighted by molar-refractivity contribution is -0.119. The van der Waals surface area contributed by atoms with Gasteiger partial charge in [0.2, 0.25) is 10.0 Å². The Morgan fingerprint density at radius 3 is 2.52 bits per heavy atom. The fourth-order valence-corrected chi connectivity index (χ4v) is 4.18. The second kappa shape index (κ2) is 8.00. The summed E-state index contributed by atoms with van der Waals surface area (Å²) < 4.78 is 32.8. The second-order valence-corrected chi connectivity index (χ2v) is 9.48. The lowest BCUT2D eigenvalue weighted by atomic mass is 10.2. The predicted octanol–water partition coefficient (Wildman–Crippen LogP) is 2.49. The summed E-state index contributed by atoms with van der Waals surface area (Å²) in [6, 6.07) is 8.13. The maximum absolute atomic E-state index is 12.4. The Balaban J connectivity index is 1.62. The Bertz CT molecular complexity index is 1050. The summed E-state index contributed by atoms with van der Waals surface area (Å²) in [5, 5.41) is 2.56. The molecule has 2 aromatic rings. The summed E-state index contributed by atoms with van der Waals surface area (Å²) >= 11 is 0. The van der Waals surface area contributed by atoms with Gasteiger partial charge >= 0.3 is 5.97 Å². The van der Waals surface area contributed by atoms with Crippen molar-refractivity contribution in [1.29, 1.82) is 0 Å². The highest BCUT2D eigenvalue weighted by atomic mass is 32.2. The lowest BCUT2D eigenvalue weighted by Crippen LogP contribution is -2.23. The number of amides is 1. The van der Waals surface area contributed by atoms with E-state index in [1.54, 1.807) is 12.1 Å². The van der Waals surface area contributed by atoms with Crippen LogP contribution in [0.25, 0.3) is 0 Å². The summed E-state index contributed by atoms with van der Waals surface area (Å²) in [6.07, 6.45) is 2.21. The molecule has 1 aliphatic rings. The van der Waals surface area contributed by atoms with Gasteiger partial charge in [0, 0.05) is 37.2 Å². The number of esters is 1. The SMILES string of the molecule is Cc1cc(C(=O)OCC(=O)Nc2cccc(S(=O)(=O)N(C)C)c2)c(C)n1C1CC1. The van der Waals surface area contributed by atoms with Gasteiger partial charge in [-0.15, -0.1) is 0 Å². The fraction of sp³-hybridized carbons (Fsp3) is 0.400. The van der Waals surface area contributed by atoms with E-state index < -0.39 is 28.5 Å². The van der Waals surface area contributed by atoms with Gasteiger partial charge in [0.05, 0.1) is 10.5 Å². The predicted molar refractivity (Wildman–Crippen MR) is 108 cm³/mol. The Hall–Kier alpha value is -2.65. The van der Waals surface area contributed by atoms with Crippen molar-refractivity contribution < 1.29 is 22.7 Å². The Kier molecular flexibility index (Phi) is 5.81. The van der Waals surface area contributed by atoms with E-state index in [-0.39, 0.29) is 4.90 Å². The number of anilines is 1. The third-order valence-corrected chi connectivity index (χ3v) is 6.66. The van der Waals surface area contributed by atoms with E-state index in [4.69, 9.17) is 4.74 Å². The number of ether oxygens (including phenoxy) is 1. The Morgan fingerprint density at radius 1 is 1.21 bits per heavy atom. The molecule has 0 spiro atoms. The molecule has 1 aromatic carbocycles. The number of hydrogen-bond acceptors (Lipinski definition) is 5. The molecule has 29 heavy (non-hydrogen) atoms. The van der Waals surface area contributed by atoms with Crippen LogP contribution in [0.2, 0.25) is 0 Å². The summed E-state index contributed by atoms with van der Waals surface area (Å²) in [7, 11) is -0.750. The number of hydrogen-bond donors (Lipinski definition) is 1. The zero-order valence-electron chi connectivity index (χ0n) is 16.9. The fourth-order valence-electron chi connectivity index (χ4n) is 3.23. The molecule has 0 atom stereocenters. The van der Waals surface area contributed by atoms with Crippen LogP contribution in [-0.2, 0) is 19.6 Å². The molecule has 0 aliphatic heterocycles. The number of nitrogens with zero attached hydrogens (tertiary/aromatic N) is 2. The van der Waals surface area contributed by atoms with Crippen molar-refractivity contribution >= 4 is 27.6 Å². The molecule has 0 saturated heterocycles. The number of benzene rings is 1. The molecular formula is C20H25N3O5S. The molecular weight excluding hydrogens is 394 g/mol. The van der Waals surface area contributed by atoms with Crippen LogP contribution in [0, 0.1) is 13.8 Å². The van der Waals surface area contributed by atoms with Gasteiger partial charge in [-0.25, -0.2) is 17.5 Å². The van der Waals surface area contributed by atoms with E-state index in [0.29, 0.717) is 17.3 Å². The first-order chi connectivity index (χ1) is 13.6. The molecule has 1 amide bonds. The highest BCUT2D eigenvalue weighted by Gasteiger charge is 2.29. The zero-order chi connectivity index (χ0) is 21.3. The van der Waals surface area contributed by atoms with Gasteiger partial charge in [0.1, 0.15) is 0 Å². The highest BCUT2D eigenvalue weighted by Crippen LogP contribution is 2.38. The normalized spacial score (nSPS) is 14.1. The van der Waals surface area contributed by atoms with Crippen LogP contribution in [-0.4, -0.2) is 49.9 Å². The molecule has 0 unspecified atom stereocenters. The summed E-state index contributed by atoms with van der Waals surface area (Å²) in [4.78, 5) is 24.6. The number of sulfonamides is 1. The van der Waals surface area contributed by atoms with Gasteiger partial charge in [0.15, 0.2) is 6.61 Å². The van der Waals surface area contributed by atoms with E-state index in [9.17, 15) is 18.0 Å². The van der Waals surface area contributed by atoms with Crippen LogP contribution in [0.4, 0.5) is 5.69 Å². The molecule has 1 fully saturated rings. The molecule has 1 aliphatic carbocycles. The first kappa shape index (κ1) is 21.1. The first-order valence-corrected chi connectivity index (χ1v) is 10.7. The third kappa shape index (κ3) is 4.51. The minimum Gasteiger partial charge on any atom is -0.452 e. The van der Waals surface area contributed by atoms with Crippen LogP contribution in [0.3, 0.4) is 0 Å². The number of carbonyl (C=O) groups excluding carboxylic acids is 2. The minimum atomic E-state index is -3.61. The summed E-state index contributed by atoms with van der Waals surface area (Å²) in [5.41, 5.74) is 2.61. The molecule has 9 heteroatoms. The van der Waals surface area contributed by atoms with Gasteiger partial charge in [-0.1, -0.05) is 6.07 Å². The molecule has 1 N–H and O–H groups in total. The average Bonchev–Trinajstić information content (AvgIpc) is 3.44. The highest BCUT2D eigenvalue weighted by molar-refractivity contribution is 7.89.